The summed E-state index contributed by atoms with van der Waals surface area (Å²) in [7, 11) is 0. The van der Waals surface area contributed by atoms with Crippen LogP contribution in [0, 0.1) is 17.6 Å². The third-order valence-electron chi connectivity index (χ3n) is 4.11. The van der Waals surface area contributed by atoms with Crippen LogP contribution in [0.1, 0.15) is 16.8 Å². The molecule has 3 rings (SSSR count). The van der Waals surface area contributed by atoms with Gasteiger partial charge >= 0.3 is 5.97 Å². The van der Waals surface area contributed by atoms with Crippen molar-refractivity contribution < 1.29 is 27.9 Å². The summed E-state index contributed by atoms with van der Waals surface area (Å²) in [5.41, 5.74) is 0.726. The maximum atomic E-state index is 13.0. The van der Waals surface area contributed by atoms with E-state index < -0.39 is 35.9 Å². The fourth-order valence-electron chi connectivity index (χ4n) is 2.71. The van der Waals surface area contributed by atoms with Crippen molar-refractivity contribution in [2.45, 2.75) is 6.42 Å². The average molecular weight is 359 g/mol. The first-order valence-corrected chi connectivity index (χ1v) is 7.95. The van der Waals surface area contributed by atoms with E-state index in [0.717, 1.165) is 12.1 Å². The molecule has 0 spiro atoms. The molecule has 1 saturated heterocycles. The highest BCUT2D eigenvalue weighted by atomic mass is 19.1. The molecule has 0 radical (unpaired) electrons. The van der Waals surface area contributed by atoms with E-state index in [2.05, 4.69) is 0 Å². The number of anilines is 1. The molecule has 2 aromatic rings. The highest BCUT2D eigenvalue weighted by molar-refractivity contribution is 6.01. The van der Waals surface area contributed by atoms with Gasteiger partial charge in [0.2, 0.25) is 5.91 Å². The van der Waals surface area contributed by atoms with Crippen LogP contribution in [-0.4, -0.2) is 30.8 Å². The lowest BCUT2D eigenvalue weighted by Gasteiger charge is -2.16. The fraction of sp³-hybridized carbons (Fsp3) is 0.211. The molecule has 1 aliphatic rings. The number of nitrogens with zero attached hydrogens (tertiary/aromatic N) is 1. The van der Waals surface area contributed by atoms with Gasteiger partial charge in [0.1, 0.15) is 11.6 Å². The zero-order chi connectivity index (χ0) is 18.7. The molecule has 5 nitrogen and oxygen atoms in total. The number of Topliss-reactive ketones (excluding diaryl/α,β-unsaturated/α-hetero) is 1. The smallest absolute Gasteiger partial charge is 0.311 e. The maximum Gasteiger partial charge on any atom is 0.311 e. The highest BCUT2D eigenvalue weighted by Gasteiger charge is 2.36. The minimum Gasteiger partial charge on any atom is -0.457 e. The van der Waals surface area contributed by atoms with Gasteiger partial charge in [0, 0.05) is 24.2 Å². The molecule has 0 saturated carbocycles. The van der Waals surface area contributed by atoms with Crippen LogP contribution in [0.25, 0.3) is 0 Å². The van der Waals surface area contributed by atoms with Crippen molar-refractivity contribution in [2.24, 2.45) is 5.92 Å². The number of carbonyl (C=O) groups excluding carboxylic acids is 3. The molecule has 0 N–H and O–H groups in total. The fourth-order valence-corrected chi connectivity index (χ4v) is 2.71. The Morgan fingerprint density at radius 2 is 1.58 bits per heavy atom. The second-order valence-corrected chi connectivity index (χ2v) is 5.92. The first-order valence-electron chi connectivity index (χ1n) is 7.95. The normalized spacial score (nSPS) is 16.6. The predicted molar refractivity (Wildman–Crippen MR) is 88.5 cm³/mol. The quantitative estimate of drug-likeness (QED) is 0.608. The van der Waals surface area contributed by atoms with Crippen molar-refractivity contribution >= 4 is 23.3 Å². The summed E-state index contributed by atoms with van der Waals surface area (Å²) in [5.74, 6) is -2.98. The van der Waals surface area contributed by atoms with Crippen molar-refractivity contribution in [3.8, 4) is 0 Å². The van der Waals surface area contributed by atoms with E-state index in [1.165, 1.54) is 41.3 Å². The summed E-state index contributed by atoms with van der Waals surface area (Å²) in [4.78, 5) is 37.6. The SMILES string of the molecule is O=C(COC(=O)C1CC(=O)N(c2ccc(F)cc2)C1)c1ccc(F)cc1. The van der Waals surface area contributed by atoms with Gasteiger partial charge in [-0.25, -0.2) is 8.78 Å². The molecule has 7 heteroatoms. The van der Waals surface area contributed by atoms with Gasteiger partial charge in [-0.1, -0.05) is 0 Å². The van der Waals surface area contributed by atoms with Crippen LogP contribution < -0.4 is 4.90 Å². The van der Waals surface area contributed by atoms with Gasteiger partial charge < -0.3 is 9.64 Å². The molecule has 26 heavy (non-hydrogen) atoms. The van der Waals surface area contributed by atoms with E-state index in [9.17, 15) is 23.2 Å². The van der Waals surface area contributed by atoms with Gasteiger partial charge in [-0.3, -0.25) is 14.4 Å². The van der Waals surface area contributed by atoms with E-state index in [-0.39, 0.29) is 24.4 Å². The highest BCUT2D eigenvalue weighted by Crippen LogP contribution is 2.26. The Hall–Kier alpha value is -3.09. The first kappa shape index (κ1) is 17.7. The van der Waals surface area contributed by atoms with Crippen LogP contribution in [0.15, 0.2) is 48.5 Å². The van der Waals surface area contributed by atoms with Gasteiger partial charge in [-0.05, 0) is 48.5 Å². The largest absolute Gasteiger partial charge is 0.457 e. The Kier molecular flexibility index (Phi) is 5.06. The lowest BCUT2D eigenvalue weighted by molar-refractivity contribution is -0.147. The summed E-state index contributed by atoms with van der Waals surface area (Å²) in [6.45, 7) is -0.375. The van der Waals surface area contributed by atoms with Gasteiger partial charge in [0.15, 0.2) is 12.4 Å². The number of ketones is 1. The maximum absolute atomic E-state index is 13.0. The topological polar surface area (TPSA) is 63.7 Å². The number of esters is 1. The molecule has 0 aliphatic carbocycles. The molecule has 1 fully saturated rings. The van der Waals surface area contributed by atoms with Crippen LogP contribution in [-0.2, 0) is 14.3 Å². The van der Waals surface area contributed by atoms with E-state index in [4.69, 9.17) is 4.74 Å². The molecular weight excluding hydrogens is 344 g/mol. The average Bonchev–Trinajstić information content (AvgIpc) is 3.02. The number of amides is 1. The van der Waals surface area contributed by atoms with Crippen molar-refractivity contribution in [3.63, 3.8) is 0 Å². The standard InChI is InChI=1S/C19H15F2NO4/c20-14-3-1-12(2-4-14)17(23)11-26-19(25)13-9-18(24)22(10-13)16-7-5-15(21)6-8-16/h1-8,13H,9-11H2. The molecule has 2 aromatic carbocycles. The van der Waals surface area contributed by atoms with Crippen LogP contribution in [0.2, 0.25) is 0 Å². The Balaban J connectivity index is 1.57. The molecule has 1 heterocycles. The Bertz CT molecular complexity index is 834. The summed E-state index contributed by atoms with van der Waals surface area (Å²) in [5, 5.41) is 0. The van der Waals surface area contributed by atoms with E-state index in [0.29, 0.717) is 5.69 Å². The summed E-state index contributed by atoms with van der Waals surface area (Å²) >= 11 is 0. The Labute approximate surface area is 148 Å². The van der Waals surface area contributed by atoms with Crippen molar-refractivity contribution in [3.05, 3.63) is 65.7 Å². The molecule has 1 atom stereocenters. The number of benzene rings is 2. The van der Waals surface area contributed by atoms with E-state index >= 15 is 0 Å². The number of rotatable bonds is 5. The number of halogens is 2. The third kappa shape index (κ3) is 3.93. The van der Waals surface area contributed by atoms with Crippen molar-refractivity contribution in [1.29, 1.82) is 0 Å². The number of hydrogen-bond donors (Lipinski definition) is 0. The second kappa shape index (κ2) is 7.43. The van der Waals surface area contributed by atoms with Crippen molar-refractivity contribution in [1.82, 2.24) is 0 Å². The molecular formula is C19H15F2NO4. The van der Waals surface area contributed by atoms with Crippen LogP contribution in [0.5, 0.6) is 0 Å². The molecule has 134 valence electrons. The molecule has 0 aromatic heterocycles. The number of ether oxygens (including phenoxy) is 1. The minimum atomic E-state index is -0.700. The lowest BCUT2D eigenvalue weighted by Crippen LogP contribution is -2.27. The monoisotopic (exact) mass is 359 g/mol. The van der Waals surface area contributed by atoms with Gasteiger partial charge in [0.25, 0.3) is 0 Å². The van der Waals surface area contributed by atoms with E-state index in [1.807, 2.05) is 0 Å². The zero-order valence-electron chi connectivity index (χ0n) is 13.7. The number of carbonyl (C=O) groups is 3. The van der Waals surface area contributed by atoms with E-state index in [1.54, 1.807) is 0 Å². The third-order valence-corrected chi connectivity index (χ3v) is 4.11. The molecule has 1 unspecified atom stereocenters. The van der Waals surface area contributed by atoms with Gasteiger partial charge in [0.05, 0.1) is 5.92 Å². The van der Waals surface area contributed by atoms with Crippen LogP contribution in [0.3, 0.4) is 0 Å². The molecule has 0 bridgehead atoms. The van der Waals surface area contributed by atoms with Crippen LogP contribution >= 0.6 is 0 Å². The first-order chi connectivity index (χ1) is 12.4. The number of hydrogen-bond acceptors (Lipinski definition) is 4. The minimum absolute atomic E-state index is 0.0407. The molecule has 1 amide bonds. The second-order valence-electron chi connectivity index (χ2n) is 5.92. The van der Waals surface area contributed by atoms with Gasteiger partial charge in [-0.2, -0.15) is 0 Å². The Morgan fingerprint density at radius 1 is 1.00 bits per heavy atom. The van der Waals surface area contributed by atoms with Crippen LogP contribution in [0.4, 0.5) is 14.5 Å². The summed E-state index contributed by atoms with van der Waals surface area (Å²) < 4.78 is 30.8. The predicted octanol–water partition coefficient (Wildman–Crippen LogP) is 2.74. The molecule has 1 aliphatic heterocycles. The Morgan fingerprint density at radius 3 is 2.19 bits per heavy atom. The lowest BCUT2D eigenvalue weighted by atomic mass is 10.1. The summed E-state index contributed by atoms with van der Waals surface area (Å²) in [6, 6.07) is 10.3. The zero-order valence-corrected chi connectivity index (χ0v) is 13.7. The summed E-state index contributed by atoms with van der Waals surface area (Å²) in [6.07, 6.45) is -0.0407. The van der Waals surface area contributed by atoms with Crippen molar-refractivity contribution in [2.75, 3.05) is 18.1 Å². The van der Waals surface area contributed by atoms with Gasteiger partial charge in [-0.15, -0.1) is 0 Å².